The highest BCUT2D eigenvalue weighted by Crippen LogP contribution is 1.87. The molecule has 0 spiro atoms. The maximum absolute atomic E-state index is 8.12. The van der Waals surface area contributed by atoms with E-state index in [1.165, 1.54) is 0 Å². The summed E-state index contributed by atoms with van der Waals surface area (Å²) in [5, 5.41) is 8.12. The third-order valence-electron chi connectivity index (χ3n) is 0.667. The average molecular weight is 112 g/mol. The Labute approximate surface area is 50.1 Å². The number of nitrogens with zero attached hydrogens (tertiary/aromatic N) is 1. The van der Waals surface area contributed by atoms with Gasteiger partial charge in [-0.15, -0.1) is 0 Å². The molecule has 2 heteroatoms. The quantitative estimate of drug-likeness (QED) is 0.548. The molecule has 0 saturated carbocycles. The van der Waals surface area contributed by atoms with E-state index in [9.17, 15) is 0 Å². The molecule has 1 unspecified atom stereocenters. The first-order chi connectivity index (χ1) is 3.81. The van der Waals surface area contributed by atoms with Crippen molar-refractivity contribution in [3.05, 3.63) is 6.92 Å². The van der Waals surface area contributed by atoms with Gasteiger partial charge < -0.3 is 4.74 Å². The maximum atomic E-state index is 8.12. The fourth-order valence-corrected chi connectivity index (χ4v) is 0.297. The second kappa shape index (κ2) is 4.61. The molecule has 1 atom stereocenters. The van der Waals surface area contributed by atoms with E-state index in [4.69, 9.17) is 10.00 Å². The summed E-state index contributed by atoms with van der Waals surface area (Å²) < 4.78 is 4.87. The molecule has 0 fully saturated rings. The third-order valence-corrected chi connectivity index (χ3v) is 0.667. The van der Waals surface area contributed by atoms with E-state index in [-0.39, 0.29) is 0 Å². The normalized spacial score (nSPS) is 12.6. The van der Waals surface area contributed by atoms with Gasteiger partial charge in [-0.2, -0.15) is 5.26 Å². The largest absolute Gasteiger partial charge is 0.363 e. The molecular formula is C6H10NO. The molecule has 0 N–H and O–H groups in total. The molecule has 8 heavy (non-hydrogen) atoms. The van der Waals surface area contributed by atoms with E-state index < -0.39 is 6.10 Å². The van der Waals surface area contributed by atoms with Crippen molar-refractivity contribution in [2.24, 2.45) is 0 Å². The van der Waals surface area contributed by atoms with Crippen molar-refractivity contribution in [1.29, 1.82) is 5.26 Å². The van der Waals surface area contributed by atoms with Crippen molar-refractivity contribution in [3.63, 3.8) is 0 Å². The van der Waals surface area contributed by atoms with Crippen LogP contribution in [0.3, 0.4) is 0 Å². The Morgan fingerprint density at radius 1 is 1.88 bits per heavy atom. The minimum atomic E-state index is -0.491. The van der Waals surface area contributed by atoms with Crippen LogP contribution in [0.15, 0.2) is 0 Å². The molecule has 0 saturated heterocycles. The van der Waals surface area contributed by atoms with E-state index in [1.807, 2.05) is 13.0 Å². The van der Waals surface area contributed by atoms with Crippen LogP contribution >= 0.6 is 0 Å². The number of nitriles is 1. The first kappa shape index (κ1) is 7.45. The van der Waals surface area contributed by atoms with Gasteiger partial charge in [-0.25, -0.2) is 0 Å². The summed E-state index contributed by atoms with van der Waals surface area (Å²) in [7, 11) is 0. The first-order valence-electron chi connectivity index (χ1n) is 2.65. The van der Waals surface area contributed by atoms with Gasteiger partial charge in [0, 0.05) is 6.61 Å². The molecule has 0 bridgehead atoms. The molecule has 45 valence electrons. The molecule has 0 aromatic heterocycles. The van der Waals surface area contributed by atoms with E-state index in [1.54, 1.807) is 0 Å². The van der Waals surface area contributed by atoms with Crippen LogP contribution < -0.4 is 0 Å². The van der Waals surface area contributed by atoms with E-state index >= 15 is 0 Å². The molecule has 0 rings (SSSR count). The van der Waals surface area contributed by atoms with Crippen molar-refractivity contribution in [3.8, 4) is 6.07 Å². The van der Waals surface area contributed by atoms with Crippen LogP contribution in [-0.2, 0) is 4.74 Å². The average Bonchev–Trinajstić information content (AvgIpc) is 1.83. The second-order valence-electron chi connectivity index (χ2n) is 1.49. The minimum absolute atomic E-state index is 0.491. The summed E-state index contributed by atoms with van der Waals surface area (Å²) in [6, 6.07) is 1.87. The number of rotatable bonds is 3. The van der Waals surface area contributed by atoms with Gasteiger partial charge in [0.25, 0.3) is 0 Å². The molecule has 0 aliphatic carbocycles. The molecule has 0 amide bonds. The lowest BCUT2D eigenvalue weighted by Gasteiger charge is -2.00. The van der Waals surface area contributed by atoms with E-state index in [2.05, 4.69) is 6.92 Å². The highest BCUT2D eigenvalue weighted by Gasteiger charge is 1.94. The van der Waals surface area contributed by atoms with Crippen LogP contribution in [0.2, 0.25) is 0 Å². The van der Waals surface area contributed by atoms with Gasteiger partial charge in [-0.3, -0.25) is 0 Å². The molecule has 1 radical (unpaired) electrons. The minimum Gasteiger partial charge on any atom is -0.363 e. The van der Waals surface area contributed by atoms with Gasteiger partial charge in [0.1, 0.15) is 6.10 Å². The van der Waals surface area contributed by atoms with Crippen LogP contribution in [0, 0.1) is 18.3 Å². The van der Waals surface area contributed by atoms with Crippen LogP contribution in [0.4, 0.5) is 0 Å². The zero-order chi connectivity index (χ0) is 6.41. The smallest absolute Gasteiger partial charge is 0.144 e. The molecule has 0 aliphatic heterocycles. The Kier molecular flexibility index (Phi) is 4.29. The Morgan fingerprint density at radius 3 is 2.88 bits per heavy atom. The van der Waals surface area contributed by atoms with E-state index in [0.717, 1.165) is 6.42 Å². The Hall–Kier alpha value is -0.550. The molecule has 0 aromatic carbocycles. The molecule has 2 nitrogen and oxygen atoms in total. The van der Waals surface area contributed by atoms with Crippen molar-refractivity contribution in [2.75, 3.05) is 6.61 Å². The van der Waals surface area contributed by atoms with Crippen LogP contribution in [0.25, 0.3) is 0 Å². The Bertz CT molecular complexity index is 85.0. The van der Waals surface area contributed by atoms with Gasteiger partial charge in [0.15, 0.2) is 0 Å². The summed E-state index contributed by atoms with van der Waals surface area (Å²) in [4.78, 5) is 0. The Balaban J connectivity index is 3.02. The SMILES string of the molecule is [CH2]C(C#N)OCCC. The van der Waals surface area contributed by atoms with Crippen molar-refractivity contribution >= 4 is 0 Å². The summed E-state index contributed by atoms with van der Waals surface area (Å²) in [5.41, 5.74) is 0. The van der Waals surface area contributed by atoms with Crippen LogP contribution in [-0.4, -0.2) is 12.7 Å². The maximum Gasteiger partial charge on any atom is 0.144 e. The predicted octanol–water partition coefficient (Wildman–Crippen LogP) is 1.14. The third kappa shape index (κ3) is 3.63. The zero-order valence-corrected chi connectivity index (χ0v) is 5.05. The second-order valence-corrected chi connectivity index (χ2v) is 1.49. The molecular weight excluding hydrogens is 102 g/mol. The van der Waals surface area contributed by atoms with Gasteiger partial charge in [0.05, 0.1) is 6.07 Å². The molecule has 0 aromatic rings. The summed E-state index contributed by atoms with van der Waals surface area (Å²) in [5.74, 6) is 0. The highest BCUT2D eigenvalue weighted by molar-refractivity contribution is 4.85. The Morgan fingerprint density at radius 2 is 2.50 bits per heavy atom. The highest BCUT2D eigenvalue weighted by atomic mass is 16.5. The van der Waals surface area contributed by atoms with Gasteiger partial charge >= 0.3 is 0 Å². The lowest BCUT2D eigenvalue weighted by atomic mass is 10.4. The van der Waals surface area contributed by atoms with Gasteiger partial charge in [-0.05, 0) is 13.3 Å². The number of hydrogen-bond acceptors (Lipinski definition) is 2. The lowest BCUT2D eigenvalue weighted by molar-refractivity contribution is 0.119. The topological polar surface area (TPSA) is 33.0 Å². The number of hydrogen-bond donors (Lipinski definition) is 0. The van der Waals surface area contributed by atoms with Crippen molar-refractivity contribution in [2.45, 2.75) is 19.4 Å². The number of ether oxygens (including phenoxy) is 1. The summed E-state index contributed by atoms with van der Waals surface area (Å²) in [6.07, 6.45) is 0.447. The van der Waals surface area contributed by atoms with Crippen molar-refractivity contribution in [1.82, 2.24) is 0 Å². The molecule has 0 heterocycles. The lowest BCUT2D eigenvalue weighted by Crippen LogP contribution is -2.05. The van der Waals surface area contributed by atoms with Gasteiger partial charge in [0.2, 0.25) is 0 Å². The summed E-state index contributed by atoms with van der Waals surface area (Å²) >= 11 is 0. The summed E-state index contributed by atoms with van der Waals surface area (Å²) in [6.45, 7) is 6.03. The van der Waals surface area contributed by atoms with E-state index in [0.29, 0.717) is 6.61 Å². The predicted molar refractivity (Wildman–Crippen MR) is 31.0 cm³/mol. The van der Waals surface area contributed by atoms with Crippen molar-refractivity contribution < 1.29 is 4.74 Å². The fourth-order valence-electron chi connectivity index (χ4n) is 0.297. The first-order valence-corrected chi connectivity index (χ1v) is 2.65. The van der Waals surface area contributed by atoms with Crippen LogP contribution in [0.1, 0.15) is 13.3 Å². The fraction of sp³-hybridized carbons (Fsp3) is 0.667. The molecule has 0 aliphatic rings. The van der Waals surface area contributed by atoms with Crippen LogP contribution in [0.5, 0.6) is 0 Å². The standard InChI is InChI=1S/C6H10NO/c1-3-4-8-6(2)5-7/h6H,2-4H2,1H3. The zero-order valence-electron chi connectivity index (χ0n) is 5.05. The van der Waals surface area contributed by atoms with Gasteiger partial charge in [-0.1, -0.05) is 6.92 Å². The monoisotopic (exact) mass is 112 g/mol.